The quantitative estimate of drug-likeness (QED) is 0.840. The highest BCUT2D eigenvalue weighted by molar-refractivity contribution is 5.76. The first-order valence-corrected chi connectivity index (χ1v) is 7.50. The van der Waals surface area contributed by atoms with Gasteiger partial charge < -0.3 is 10.6 Å². The number of piperidine rings is 1. The van der Waals surface area contributed by atoms with Crippen molar-refractivity contribution >= 4 is 5.91 Å². The molecule has 2 N–H and O–H groups in total. The topological polar surface area (TPSA) is 41.1 Å². The molecule has 1 atom stereocenters. The van der Waals surface area contributed by atoms with E-state index in [0.717, 1.165) is 32.2 Å². The first kappa shape index (κ1) is 15.6. The molecule has 0 aromatic rings. The molecule has 1 saturated carbocycles. The normalized spacial score (nSPS) is 26.4. The van der Waals surface area contributed by atoms with Crippen LogP contribution in [0.2, 0.25) is 0 Å². The van der Waals surface area contributed by atoms with Gasteiger partial charge in [0.25, 0.3) is 0 Å². The van der Waals surface area contributed by atoms with Gasteiger partial charge in [0.1, 0.15) is 0 Å². The van der Waals surface area contributed by atoms with Gasteiger partial charge in [0, 0.05) is 18.0 Å². The van der Waals surface area contributed by atoms with Crippen molar-refractivity contribution in [3.63, 3.8) is 0 Å². The van der Waals surface area contributed by atoms with Crippen LogP contribution >= 0.6 is 0 Å². The number of carbonyl (C=O) groups is 1. The van der Waals surface area contributed by atoms with Gasteiger partial charge in [-0.2, -0.15) is 13.2 Å². The summed E-state index contributed by atoms with van der Waals surface area (Å²) in [6.07, 6.45) is 1.79. The van der Waals surface area contributed by atoms with Crippen LogP contribution in [0, 0.1) is 0 Å². The number of amides is 1. The first-order chi connectivity index (χ1) is 9.39. The van der Waals surface area contributed by atoms with Crippen molar-refractivity contribution in [2.45, 2.75) is 75.5 Å². The van der Waals surface area contributed by atoms with Crippen molar-refractivity contribution in [3.05, 3.63) is 0 Å². The highest BCUT2D eigenvalue weighted by Gasteiger charge is 2.37. The average Bonchev–Trinajstić information content (AvgIpc) is 2.37. The van der Waals surface area contributed by atoms with Crippen LogP contribution in [-0.2, 0) is 4.79 Å². The third-order valence-corrected chi connectivity index (χ3v) is 4.44. The lowest BCUT2D eigenvalue weighted by Crippen LogP contribution is -2.57. The minimum atomic E-state index is -4.25. The Morgan fingerprint density at radius 2 is 1.95 bits per heavy atom. The SMILES string of the molecule is O=C(CCC(F)(F)F)NC1CCNC2(CCCCC2)C1. The van der Waals surface area contributed by atoms with Crippen LogP contribution in [-0.4, -0.2) is 30.2 Å². The van der Waals surface area contributed by atoms with Gasteiger partial charge in [-0.1, -0.05) is 19.3 Å². The number of hydrogen-bond donors (Lipinski definition) is 2. The van der Waals surface area contributed by atoms with E-state index >= 15 is 0 Å². The van der Waals surface area contributed by atoms with Gasteiger partial charge in [0.15, 0.2) is 0 Å². The molecule has 2 rings (SSSR count). The summed E-state index contributed by atoms with van der Waals surface area (Å²) in [5, 5.41) is 6.35. The molecule has 0 aromatic heterocycles. The number of hydrogen-bond acceptors (Lipinski definition) is 2. The predicted octanol–water partition coefficient (Wildman–Crippen LogP) is 2.90. The number of nitrogens with one attached hydrogen (secondary N) is 2. The Balaban J connectivity index is 1.79. The molecular weight excluding hydrogens is 269 g/mol. The lowest BCUT2D eigenvalue weighted by molar-refractivity contribution is -0.144. The fourth-order valence-electron chi connectivity index (χ4n) is 3.45. The zero-order valence-electron chi connectivity index (χ0n) is 11.7. The van der Waals surface area contributed by atoms with Gasteiger partial charge in [0.05, 0.1) is 6.42 Å². The lowest BCUT2D eigenvalue weighted by Gasteiger charge is -2.44. The molecule has 1 spiro atoms. The highest BCUT2D eigenvalue weighted by atomic mass is 19.4. The average molecular weight is 292 g/mol. The van der Waals surface area contributed by atoms with Crippen LogP contribution in [0.3, 0.4) is 0 Å². The molecule has 1 amide bonds. The number of halogens is 3. The number of rotatable bonds is 3. The second-order valence-electron chi connectivity index (χ2n) is 6.14. The second kappa shape index (κ2) is 6.33. The molecular formula is C14H23F3N2O. The molecule has 116 valence electrons. The maximum Gasteiger partial charge on any atom is 0.389 e. The molecule has 6 heteroatoms. The summed E-state index contributed by atoms with van der Waals surface area (Å²) in [4.78, 5) is 11.6. The van der Waals surface area contributed by atoms with E-state index in [1.807, 2.05) is 0 Å². The summed E-state index contributed by atoms with van der Waals surface area (Å²) in [6.45, 7) is 0.838. The Morgan fingerprint density at radius 1 is 1.25 bits per heavy atom. The van der Waals surface area contributed by atoms with E-state index < -0.39 is 24.9 Å². The monoisotopic (exact) mass is 292 g/mol. The van der Waals surface area contributed by atoms with Crippen molar-refractivity contribution in [1.82, 2.24) is 10.6 Å². The van der Waals surface area contributed by atoms with Crippen LogP contribution in [0.25, 0.3) is 0 Å². The third-order valence-electron chi connectivity index (χ3n) is 4.44. The van der Waals surface area contributed by atoms with Crippen molar-refractivity contribution in [2.75, 3.05) is 6.54 Å². The third kappa shape index (κ3) is 4.65. The van der Waals surface area contributed by atoms with Crippen LogP contribution in [0.5, 0.6) is 0 Å². The van der Waals surface area contributed by atoms with Crippen molar-refractivity contribution in [1.29, 1.82) is 0 Å². The molecule has 3 nitrogen and oxygen atoms in total. The number of alkyl halides is 3. The highest BCUT2D eigenvalue weighted by Crippen LogP contribution is 2.34. The molecule has 1 aliphatic carbocycles. The molecule has 0 radical (unpaired) electrons. The summed E-state index contributed by atoms with van der Waals surface area (Å²) >= 11 is 0. The van der Waals surface area contributed by atoms with E-state index in [1.165, 1.54) is 19.3 Å². The molecule has 1 unspecified atom stereocenters. The Morgan fingerprint density at radius 3 is 2.60 bits per heavy atom. The summed E-state index contributed by atoms with van der Waals surface area (Å²) in [5.74, 6) is -0.472. The molecule has 1 saturated heterocycles. The Bertz CT molecular complexity index is 332. The summed E-state index contributed by atoms with van der Waals surface area (Å²) in [7, 11) is 0. The van der Waals surface area contributed by atoms with Crippen molar-refractivity contribution in [2.24, 2.45) is 0 Å². The van der Waals surface area contributed by atoms with Gasteiger partial charge in [-0.05, 0) is 32.2 Å². The van der Waals surface area contributed by atoms with Crippen LogP contribution < -0.4 is 10.6 Å². The molecule has 0 bridgehead atoms. The summed E-state index contributed by atoms with van der Waals surface area (Å²) < 4.78 is 36.3. The predicted molar refractivity (Wildman–Crippen MR) is 70.3 cm³/mol. The Kier molecular flexibility index (Phi) is 4.94. The largest absolute Gasteiger partial charge is 0.389 e. The smallest absolute Gasteiger partial charge is 0.353 e. The van der Waals surface area contributed by atoms with Gasteiger partial charge >= 0.3 is 6.18 Å². The van der Waals surface area contributed by atoms with E-state index in [9.17, 15) is 18.0 Å². The standard InChI is InChI=1S/C14H23F3N2O/c15-14(16,17)8-4-12(20)19-11-5-9-18-13(10-11)6-2-1-3-7-13/h11,18H,1-10H2,(H,19,20). The zero-order chi connectivity index (χ0) is 14.6. The zero-order valence-corrected chi connectivity index (χ0v) is 11.7. The first-order valence-electron chi connectivity index (χ1n) is 7.50. The van der Waals surface area contributed by atoms with Gasteiger partial charge in [0.2, 0.25) is 5.91 Å². The molecule has 1 aliphatic heterocycles. The molecule has 2 fully saturated rings. The van der Waals surface area contributed by atoms with Crippen molar-refractivity contribution < 1.29 is 18.0 Å². The fraction of sp³-hybridized carbons (Fsp3) is 0.929. The number of carbonyl (C=O) groups excluding carboxylic acids is 1. The second-order valence-corrected chi connectivity index (χ2v) is 6.14. The van der Waals surface area contributed by atoms with E-state index in [1.54, 1.807) is 0 Å². The summed E-state index contributed by atoms with van der Waals surface area (Å²) in [5.41, 5.74) is 0.110. The van der Waals surface area contributed by atoms with Gasteiger partial charge in [-0.15, -0.1) is 0 Å². The van der Waals surface area contributed by atoms with Crippen LogP contribution in [0.4, 0.5) is 13.2 Å². The minimum Gasteiger partial charge on any atom is -0.353 e. The van der Waals surface area contributed by atoms with Gasteiger partial charge in [-0.3, -0.25) is 4.79 Å². The molecule has 0 aromatic carbocycles. The lowest BCUT2D eigenvalue weighted by atomic mass is 9.75. The maximum atomic E-state index is 12.1. The van der Waals surface area contributed by atoms with E-state index in [2.05, 4.69) is 10.6 Å². The van der Waals surface area contributed by atoms with Crippen LogP contribution in [0.15, 0.2) is 0 Å². The molecule has 2 aliphatic rings. The Labute approximate surface area is 117 Å². The van der Waals surface area contributed by atoms with Crippen molar-refractivity contribution in [3.8, 4) is 0 Å². The van der Waals surface area contributed by atoms with E-state index in [-0.39, 0.29) is 11.6 Å². The maximum absolute atomic E-state index is 12.1. The van der Waals surface area contributed by atoms with Crippen LogP contribution in [0.1, 0.15) is 57.8 Å². The fourth-order valence-corrected chi connectivity index (χ4v) is 3.45. The Hall–Kier alpha value is -0.780. The summed E-state index contributed by atoms with van der Waals surface area (Å²) in [6, 6.07) is 0.0232. The molecule has 1 heterocycles. The van der Waals surface area contributed by atoms with Gasteiger partial charge in [-0.25, -0.2) is 0 Å². The molecule has 20 heavy (non-hydrogen) atoms. The van der Waals surface area contributed by atoms with E-state index in [4.69, 9.17) is 0 Å². The minimum absolute atomic E-state index is 0.0232. The van der Waals surface area contributed by atoms with E-state index in [0.29, 0.717) is 0 Å².